The second-order valence-corrected chi connectivity index (χ2v) is 9.43. The lowest BCUT2D eigenvalue weighted by molar-refractivity contribution is 0.346. The zero-order valence-electron chi connectivity index (χ0n) is 16.8. The number of methoxy groups -OCH3 is 1. The van der Waals surface area contributed by atoms with E-state index in [9.17, 15) is 8.42 Å². The molecule has 2 fully saturated rings. The molecule has 0 amide bonds. The average Bonchev–Trinajstić information content (AvgIpc) is 2.80. The van der Waals surface area contributed by atoms with Crippen molar-refractivity contribution in [1.82, 2.24) is 9.29 Å². The van der Waals surface area contributed by atoms with Gasteiger partial charge in [-0.1, -0.05) is 6.42 Å². The van der Waals surface area contributed by atoms with Gasteiger partial charge in [0.25, 0.3) is 0 Å². The summed E-state index contributed by atoms with van der Waals surface area (Å²) in [6, 6.07) is 11.6. The van der Waals surface area contributed by atoms with Gasteiger partial charge in [-0.2, -0.15) is 4.31 Å². The zero-order valence-corrected chi connectivity index (χ0v) is 17.6. The van der Waals surface area contributed by atoms with Crippen LogP contribution in [0.15, 0.2) is 47.5 Å². The molecule has 0 aliphatic carbocycles. The monoisotopic (exact) mass is 416 g/mol. The first-order chi connectivity index (χ1) is 14.1. The van der Waals surface area contributed by atoms with Gasteiger partial charge in [0.2, 0.25) is 10.0 Å². The molecule has 2 aromatic rings. The smallest absolute Gasteiger partial charge is 0.244 e. The van der Waals surface area contributed by atoms with Crippen LogP contribution in [0.4, 0.5) is 11.5 Å². The molecular weight excluding hydrogens is 388 g/mol. The van der Waals surface area contributed by atoms with Crippen molar-refractivity contribution >= 4 is 21.5 Å². The Bertz CT molecular complexity index is 902. The van der Waals surface area contributed by atoms with Crippen molar-refractivity contribution in [2.75, 3.05) is 56.2 Å². The van der Waals surface area contributed by atoms with Gasteiger partial charge in [-0.25, -0.2) is 13.4 Å². The molecule has 0 spiro atoms. The van der Waals surface area contributed by atoms with Crippen molar-refractivity contribution in [2.24, 2.45) is 0 Å². The number of aromatic nitrogens is 1. The molecule has 156 valence electrons. The summed E-state index contributed by atoms with van der Waals surface area (Å²) in [5, 5.41) is 0. The maximum absolute atomic E-state index is 12.8. The van der Waals surface area contributed by atoms with E-state index in [1.807, 2.05) is 18.2 Å². The molecule has 2 aliphatic heterocycles. The Morgan fingerprint density at radius 2 is 1.48 bits per heavy atom. The van der Waals surface area contributed by atoms with Crippen molar-refractivity contribution in [3.05, 3.63) is 42.6 Å². The van der Waals surface area contributed by atoms with Crippen LogP contribution in [0.3, 0.4) is 0 Å². The van der Waals surface area contributed by atoms with Gasteiger partial charge in [0.1, 0.15) is 16.5 Å². The van der Waals surface area contributed by atoms with Gasteiger partial charge in [0.15, 0.2) is 0 Å². The number of sulfonamides is 1. The molecule has 1 aromatic carbocycles. The molecule has 0 N–H and O–H groups in total. The molecule has 0 unspecified atom stereocenters. The Kier molecular flexibility index (Phi) is 5.91. The maximum Gasteiger partial charge on any atom is 0.244 e. The summed E-state index contributed by atoms with van der Waals surface area (Å²) in [5.74, 6) is 1.69. The summed E-state index contributed by atoms with van der Waals surface area (Å²) < 4.78 is 32.4. The Morgan fingerprint density at radius 1 is 0.828 bits per heavy atom. The summed E-state index contributed by atoms with van der Waals surface area (Å²) in [7, 11) is -1.76. The van der Waals surface area contributed by atoms with Gasteiger partial charge < -0.3 is 14.5 Å². The number of nitrogens with zero attached hydrogens (tertiary/aromatic N) is 4. The number of piperazine rings is 1. The maximum atomic E-state index is 12.8. The van der Waals surface area contributed by atoms with Gasteiger partial charge in [-0.05, 0) is 49.2 Å². The number of hydrogen-bond acceptors (Lipinski definition) is 6. The lowest BCUT2D eigenvalue weighted by Gasteiger charge is -2.36. The predicted octanol–water partition coefficient (Wildman–Crippen LogP) is 2.59. The second kappa shape index (κ2) is 8.59. The van der Waals surface area contributed by atoms with E-state index >= 15 is 0 Å². The lowest BCUT2D eigenvalue weighted by atomic mass is 10.2. The molecular formula is C21H28N4O3S. The van der Waals surface area contributed by atoms with E-state index in [0.717, 1.165) is 57.0 Å². The van der Waals surface area contributed by atoms with Gasteiger partial charge >= 0.3 is 0 Å². The summed E-state index contributed by atoms with van der Waals surface area (Å²) in [6.07, 6.45) is 4.48. The predicted molar refractivity (Wildman–Crippen MR) is 114 cm³/mol. The highest BCUT2D eigenvalue weighted by molar-refractivity contribution is 7.89. The van der Waals surface area contributed by atoms with E-state index in [1.165, 1.54) is 11.9 Å². The Hall–Kier alpha value is -2.32. The molecule has 8 heteroatoms. The number of ether oxygens (including phenoxy) is 1. The number of anilines is 2. The highest BCUT2D eigenvalue weighted by Crippen LogP contribution is 2.24. The van der Waals surface area contributed by atoms with Crippen molar-refractivity contribution < 1.29 is 13.2 Å². The van der Waals surface area contributed by atoms with Crippen LogP contribution in [0.1, 0.15) is 19.3 Å². The summed E-state index contributed by atoms with van der Waals surface area (Å²) in [5.41, 5.74) is 1.18. The highest BCUT2D eigenvalue weighted by atomic mass is 32.2. The fourth-order valence-electron chi connectivity index (χ4n) is 3.95. The molecule has 7 nitrogen and oxygen atoms in total. The normalized spacial score (nSPS) is 18.7. The van der Waals surface area contributed by atoms with Gasteiger partial charge in [-0.3, -0.25) is 0 Å². The van der Waals surface area contributed by atoms with Crippen LogP contribution >= 0.6 is 0 Å². The topological polar surface area (TPSA) is 66.0 Å². The fourth-order valence-corrected chi connectivity index (χ4v) is 5.42. The third-order valence-electron chi connectivity index (χ3n) is 5.71. The Labute approximate surface area is 172 Å². The van der Waals surface area contributed by atoms with E-state index in [-0.39, 0.29) is 0 Å². The van der Waals surface area contributed by atoms with E-state index in [1.54, 1.807) is 17.5 Å². The number of benzene rings is 1. The van der Waals surface area contributed by atoms with Gasteiger partial charge in [0.05, 0.1) is 7.11 Å². The quantitative estimate of drug-likeness (QED) is 0.747. The number of hydrogen-bond donors (Lipinski definition) is 0. The van der Waals surface area contributed by atoms with E-state index < -0.39 is 10.0 Å². The van der Waals surface area contributed by atoms with Crippen LogP contribution in [0.5, 0.6) is 5.75 Å². The van der Waals surface area contributed by atoms with Gasteiger partial charge in [-0.15, -0.1) is 0 Å². The minimum Gasteiger partial charge on any atom is -0.497 e. The largest absolute Gasteiger partial charge is 0.497 e. The van der Waals surface area contributed by atoms with Crippen molar-refractivity contribution in [3.8, 4) is 5.75 Å². The number of rotatable bonds is 5. The third-order valence-corrected chi connectivity index (χ3v) is 7.60. The average molecular weight is 417 g/mol. The number of piperidine rings is 1. The SMILES string of the molecule is COc1ccc(N2CCN(c3ccc(S(=O)(=O)N4CCCCC4)cn3)CC2)cc1. The highest BCUT2D eigenvalue weighted by Gasteiger charge is 2.26. The van der Waals surface area contributed by atoms with Gasteiger partial charge in [0, 0.05) is 51.2 Å². The molecule has 2 aliphatic rings. The second-order valence-electron chi connectivity index (χ2n) is 7.49. The van der Waals surface area contributed by atoms with E-state index in [4.69, 9.17) is 4.74 Å². The van der Waals surface area contributed by atoms with Crippen molar-refractivity contribution in [2.45, 2.75) is 24.2 Å². The van der Waals surface area contributed by atoms with Crippen LogP contribution in [0.2, 0.25) is 0 Å². The minimum absolute atomic E-state index is 0.292. The summed E-state index contributed by atoms with van der Waals surface area (Å²) in [4.78, 5) is 9.30. The van der Waals surface area contributed by atoms with Crippen LogP contribution in [0.25, 0.3) is 0 Å². The first kappa shape index (κ1) is 20.0. The molecule has 3 heterocycles. The van der Waals surface area contributed by atoms with Crippen LogP contribution in [-0.2, 0) is 10.0 Å². The molecule has 0 bridgehead atoms. The molecule has 4 rings (SSSR count). The molecule has 29 heavy (non-hydrogen) atoms. The molecule has 0 radical (unpaired) electrons. The van der Waals surface area contributed by atoms with Crippen LogP contribution < -0.4 is 14.5 Å². The van der Waals surface area contributed by atoms with Crippen molar-refractivity contribution in [3.63, 3.8) is 0 Å². The summed E-state index contributed by atoms with van der Waals surface area (Å²) in [6.45, 7) is 4.69. The van der Waals surface area contributed by atoms with E-state index in [0.29, 0.717) is 18.0 Å². The lowest BCUT2D eigenvalue weighted by Crippen LogP contribution is -2.46. The summed E-state index contributed by atoms with van der Waals surface area (Å²) >= 11 is 0. The van der Waals surface area contributed by atoms with Crippen molar-refractivity contribution in [1.29, 1.82) is 0 Å². The number of pyridine rings is 1. The Morgan fingerprint density at radius 3 is 2.07 bits per heavy atom. The molecule has 1 aromatic heterocycles. The zero-order chi connectivity index (χ0) is 20.3. The molecule has 0 atom stereocenters. The third kappa shape index (κ3) is 4.33. The Balaban J connectivity index is 1.38. The fraction of sp³-hybridized carbons (Fsp3) is 0.476. The van der Waals surface area contributed by atoms with E-state index in [2.05, 4.69) is 26.9 Å². The van der Waals surface area contributed by atoms with Crippen LogP contribution in [0, 0.1) is 0 Å². The van der Waals surface area contributed by atoms with Crippen LogP contribution in [-0.4, -0.2) is 64.1 Å². The molecule has 0 saturated carbocycles. The first-order valence-corrected chi connectivity index (χ1v) is 11.6. The molecule has 2 saturated heterocycles. The minimum atomic E-state index is -3.43. The first-order valence-electron chi connectivity index (χ1n) is 10.2. The standard InChI is InChI=1S/C21H28N4O3S/c1-28-19-7-5-18(6-8-19)23-13-15-24(16-14-23)21-10-9-20(17-22-21)29(26,27)25-11-3-2-4-12-25/h5-10,17H,2-4,11-16H2,1H3.